The molecule has 3 aromatic rings. The Morgan fingerprint density at radius 1 is 0.962 bits per heavy atom. The fraction of sp³-hybridized carbons (Fsp3) is 0.250. The number of benzene rings is 2. The molecular formula is C20H19NO5. The maximum absolute atomic E-state index is 11.6. The lowest BCUT2D eigenvalue weighted by Crippen LogP contribution is -2.03. The molecule has 1 heterocycles. The van der Waals surface area contributed by atoms with Gasteiger partial charge >= 0.3 is 11.3 Å². The Morgan fingerprint density at radius 2 is 1.65 bits per heavy atom. The maximum atomic E-state index is 11.6. The van der Waals surface area contributed by atoms with Gasteiger partial charge in [0.2, 0.25) is 5.75 Å². The predicted octanol–water partition coefficient (Wildman–Crippen LogP) is 4.51. The first-order chi connectivity index (χ1) is 12.3. The molecule has 0 atom stereocenters. The highest BCUT2D eigenvalue weighted by Gasteiger charge is 2.19. The normalized spacial score (nSPS) is 10.9. The van der Waals surface area contributed by atoms with Crippen molar-refractivity contribution < 1.29 is 14.1 Å². The summed E-state index contributed by atoms with van der Waals surface area (Å²) < 4.78 is 10.9. The van der Waals surface area contributed by atoms with Crippen LogP contribution in [0, 0.1) is 37.8 Å². The van der Waals surface area contributed by atoms with Crippen molar-refractivity contribution in [1.29, 1.82) is 0 Å². The molecule has 0 N–H and O–H groups in total. The first-order valence-corrected chi connectivity index (χ1v) is 8.18. The molecule has 0 aliphatic heterocycles. The molecule has 1 aromatic heterocycles. The van der Waals surface area contributed by atoms with Gasteiger partial charge in [0, 0.05) is 23.6 Å². The van der Waals surface area contributed by atoms with Crippen LogP contribution in [0.3, 0.4) is 0 Å². The molecule has 0 amide bonds. The Balaban J connectivity index is 2.04. The third-order valence-electron chi connectivity index (χ3n) is 4.56. The van der Waals surface area contributed by atoms with Crippen molar-refractivity contribution in [2.45, 2.75) is 34.3 Å². The van der Waals surface area contributed by atoms with E-state index in [4.69, 9.17) is 9.15 Å². The molecule has 134 valence electrons. The van der Waals surface area contributed by atoms with Crippen molar-refractivity contribution >= 4 is 16.7 Å². The van der Waals surface area contributed by atoms with Gasteiger partial charge in [-0.2, -0.15) is 0 Å². The van der Waals surface area contributed by atoms with E-state index >= 15 is 0 Å². The first kappa shape index (κ1) is 17.7. The summed E-state index contributed by atoms with van der Waals surface area (Å²) in [5.41, 5.74) is 4.55. The molecule has 3 rings (SSSR count). The fourth-order valence-electron chi connectivity index (χ4n) is 2.92. The Hall–Kier alpha value is -3.15. The van der Waals surface area contributed by atoms with Gasteiger partial charge in [0.1, 0.15) is 12.2 Å². The van der Waals surface area contributed by atoms with Crippen LogP contribution in [0.5, 0.6) is 5.75 Å². The third kappa shape index (κ3) is 3.31. The summed E-state index contributed by atoms with van der Waals surface area (Å²) >= 11 is 0. The van der Waals surface area contributed by atoms with E-state index in [-0.39, 0.29) is 23.6 Å². The second-order valence-corrected chi connectivity index (χ2v) is 6.47. The van der Waals surface area contributed by atoms with E-state index in [1.165, 1.54) is 23.8 Å². The Labute approximate surface area is 150 Å². The number of hydrogen-bond acceptors (Lipinski definition) is 5. The van der Waals surface area contributed by atoms with Crippen LogP contribution >= 0.6 is 0 Å². The number of nitrogens with zero attached hydrogens (tertiary/aromatic N) is 1. The molecule has 0 saturated heterocycles. The van der Waals surface area contributed by atoms with Crippen molar-refractivity contribution in [2.75, 3.05) is 0 Å². The molecule has 0 fully saturated rings. The first-order valence-electron chi connectivity index (χ1n) is 8.18. The van der Waals surface area contributed by atoms with Crippen molar-refractivity contribution in [3.05, 3.63) is 78.7 Å². The number of rotatable bonds is 4. The molecule has 0 saturated carbocycles. The van der Waals surface area contributed by atoms with Crippen molar-refractivity contribution in [3.8, 4) is 5.75 Å². The maximum Gasteiger partial charge on any atom is 0.336 e. The molecular weight excluding hydrogens is 334 g/mol. The highest BCUT2D eigenvalue weighted by molar-refractivity contribution is 5.85. The molecule has 0 bridgehead atoms. The van der Waals surface area contributed by atoms with E-state index < -0.39 is 10.5 Å². The standard InChI is InChI=1S/C20H19NO5/c1-11-5-13(3)15(6-12(11)2)10-25-19-9-18-16(8-17(19)21(23)24)14(4)7-20(22)26-18/h5-9H,10H2,1-4H3. The fourth-order valence-corrected chi connectivity index (χ4v) is 2.92. The number of nitro groups is 1. The van der Waals surface area contributed by atoms with Gasteiger partial charge in [-0.05, 0) is 55.5 Å². The molecule has 6 heteroatoms. The molecule has 2 aromatic carbocycles. The SMILES string of the molecule is Cc1cc(C)c(COc2cc3oc(=O)cc(C)c3cc2[N+](=O)[O-])cc1C. The van der Waals surface area contributed by atoms with Gasteiger partial charge < -0.3 is 9.15 Å². The van der Waals surface area contributed by atoms with Crippen LogP contribution in [0.4, 0.5) is 5.69 Å². The summed E-state index contributed by atoms with van der Waals surface area (Å²) in [5.74, 6) is 0.0777. The minimum absolute atomic E-state index is 0.0777. The van der Waals surface area contributed by atoms with Crippen LogP contribution in [-0.4, -0.2) is 4.92 Å². The highest BCUT2D eigenvalue weighted by atomic mass is 16.6. The topological polar surface area (TPSA) is 82.6 Å². The van der Waals surface area contributed by atoms with Crippen LogP contribution in [0.15, 0.2) is 39.5 Å². The summed E-state index contributed by atoms with van der Waals surface area (Å²) in [6.07, 6.45) is 0. The van der Waals surface area contributed by atoms with Crippen LogP contribution in [0.1, 0.15) is 27.8 Å². The zero-order valence-corrected chi connectivity index (χ0v) is 15.1. The lowest BCUT2D eigenvalue weighted by atomic mass is 10.0. The molecule has 26 heavy (non-hydrogen) atoms. The monoisotopic (exact) mass is 353 g/mol. The van der Waals surface area contributed by atoms with Gasteiger partial charge in [-0.1, -0.05) is 12.1 Å². The van der Waals surface area contributed by atoms with Gasteiger partial charge in [-0.25, -0.2) is 4.79 Å². The zero-order valence-electron chi connectivity index (χ0n) is 15.1. The van der Waals surface area contributed by atoms with E-state index in [0.717, 1.165) is 16.7 Å². The summed E-state index contributed by atoms with van der Waals surface area (Å²) in [6.45, 7) is 7.92. The minimum Gasteiger partial charge on any atom is -0.482 e. The summed E-state index contributed by atoms with van der Waals surface area (Å²) in [7, 11) is 0. The second-order valence-electron chi connectivity index (χ2n) is 6.47. The summed E-state index contributed by atoms with van der Waals surface area (Å²) in [6, 6.07) is 8.19. The number of nitro benzene ring substituents is 1. The Kier molecular flexibility index (Phi) is 4.50. The number of fused-ring (bicyclic) bond motifs is 1. The number of aryl methyl sites for hydroxylation is 4. The molecule has 6 nitrogen and oxygen atoms in total. The van der Waals surface area contributed by atoms with Gasteiger partial charge in [-0.15, -0.1) is 0 Å². The highest BCUT2D eigenvalue weighted by Crippen LogP contribution is 2.33. The van der Waals surface area contributed by atoms with Crippen molar-refractivity contribution in [3.63, 3.8) is 0 Å². The minimum atomic E-state index is -0.500. The molecule has 0 aliphatic rings. The Bertz CT molecular complexity index is 1080. The van der Waals surface area contributed by atoms with Crippen molar-refractivity contribution in [2.24, 2.45) is 0 Å². The van der Waals surface area contributed by atoms with E-state index in [0.29, 0.717) is 10.9 Å². The van der Waals surface area contributed by atoms with Gasteiger partial charge in [0.05, 0.1) is 4.92 Å². The van der Waals surface area contributed by atoms with E-state index in [2.05, 4.69) is 6.07 Å². The predicted molar refractivity (Wildman–Crippen MR) is 98.9 cm³/mol. The average molecular weight is 353 g/mol. The Morgan fingerprint density at radius 3 is 2.35 bits per heavy atom. The third-order valence-corrected chi connectivity index (χ3v) is 4.56. The van der Waals surface area contributed by atoms with Crippen LogP contribution in [-0.2, 0) is 6.61 Å². The molecule has 0 aliphatic carbocycles. The van der Waals surface area contributed by atoms with Crippen molar-refractivity contribution in [1.82, 2.24) is 0 Å². The lowest BCUT2D eigenvalue weighted by molar-refractivity contribution is -0.385. The average Bonchev–Trinajstić information content (AvgIpc) is 2.55. The molecule has 0 radical (unpaired) electrons. The summed E-state index contributed by atoms with van der Waals surface area (Å²) in [5, 5.41) is 12.0. The van der Waals surface area contributed by atoms with Crippen LogP contribution < -0.4 is 10.4 Å². The largest absolute Gasteiger partial charge is 0.482 e. The van der Waals surface area contributed by atoms with E-state index in [1.807, 2.05) is 26.8 Å². The second kappa shape index (κ2) is 6.63. The van der Waals surface area contributed by atoms with Gasteiger partial charge in [0.15, 0.2) is 0 Å². The van der Waals surface area contributed by atoms with E-state index in [9.17, 15) is 14.9 Å². The number of hydrogen-bond donors (Lipinski definition) is 0. The number of ether oxygens (including phenoxy) is 1. The quantitative estimate of drug-likeness (QED) is 0.391. The smallest absolute Gasteiger partial charge is 0.336 e. The van der Waals surface area contributed by atoms with Gasteiger partial charge in [-0.3, -0.25) is 10.1 Å². The van der Waals surface area contributed by atoms with E-state index in [1.54, 1.807) is 6.92 Å². The molecule has 0 spiro atoms. The van der Waals surface area contributed by atoms with Gasteiger partial charge in [0.25, 0.3) is 0 Å². The molecule has 0 unspecified atom stereocenters. The lowest BCUT2D eigenvalue weighted by Gasteiger charge is -2.12. The summed E-state index contributed by atoms with van der Waals surface area (Å²) in [4.78, 5) is 22.5. The van der Waals surface area contributed by atoms with Crippen LogP contribution in [0.25, 0.3) is 11.0 Å². The zero-order chi connectivity index (χ0) is 19.0. The van der Waals surface area contributed by atoms with Crippen LogP contribution in [0.2, 0.25) is 0 Å².